The lowest BCUT2D eigenvalue weighted by Crippen LogP contribution is -2.54. The zero-order chi connectivity index (χ0) is 18.2. The van der Waals surface area contributed by atoms with E-state index in [4.69, 9.17) is 9.47 Å². The topological polar surface area (TPSA) is 70.7 Å². The summed E-state index contributed by atoms with van der Waals surface area (Å²) in [6, 6.07) is 0. The molecule has 7 nitrogen and oxygen atoms in total. The minimum absolute atomic E-state index is 0.0305. The molecule has 140 valence electrons. The van der Waals surface area contributed by atoms with E-state index in [0.29, 0.717) is 5.69 Å². The van der Waals surface area contributed by atoms with Gasteiger partial charge in [-0.2, -0.15) is 5.10 Å². The number of aromatic nitrogens is 2. The molecular formula is C18H30N4O3. The molecular weight excluding hydrogens is 320 g/mol. The first kappa shape index (κ1) is 18.4. The van der Waals surface area contributed by atoms with Crippen LogP contribution in [-0.4, -0.2) is 77.4 Å². The molecule has 0 saturated carbocycles. The fraction of sp³-hybridized carbons (Fsp3) is 0.778. The molecule has 0 radical (unpaired) electrons. The maximum Gasteiger partial charge on any atom is 0.274 e. The highest BCUT2D eigenvalue weighted by Crippen LogP contribution is 2.31. The van der Waals surface area contributed by atoms with Crippen LogP contribution in [0.1, 0.15) is 55.5 Å². The van der Waals surface area contributed by atoms with E-state index < -0.39 is 0 Å². The van der Waals surface area contributed by atoms with Crippen LogP contribution >= 0.6 is 0 Å². The number of morpholine rings is 1. The van der Waals surface area contributed by atoms with Crippen LogP contribution in [0.25, 0.3) is 0 Å². The lowest BCUT2D eigenvalue weighted by atomic mass is 9.97. The zero-order valence-corrected chi connectivity index (χ0v) is 16.0. The molecule has 1 aromatic heterocycles. The monoisotopic (exact) mass is 350 g/mol. The summed E-state index contributed by atoms with van der Waals surface area (Å²) in [4.78, 5) is 17.3. The first-order chi connectivity index (χ1) is 11.8. The van der Waals surface area contributed by atoms with Gasteiger partial charge < -0.3 is 14.4 Å². The number of H-pyrrole nitrogens is 1. The number of carbonyl (C=O) groups excluding carboxylic acids is 1. The van der Waals surface area contributed by atoms with Crippen molar-refractivity contribution in [2.24, 2.45) is 0 Å². The van der Waals surface area contributed by atoms with E-state index >= 15 is 0 Å². The summed E-state index contributed by atoms with van der Waals surface area (Å²) in [6.45, 7) is 12.4. The van der Waals surface area contributed by atoms with Gasteiger partial charge in [-0.15, -0.1) is 0 Å². The second-order valence-electron chi connectivity index (χ2n) is 7.82. The van der Waals surface area contributed by atoms with E-state index in [-0.39, 0.29) is 23.7 Å². The Labute approximate surface area is 149 Å². The number of carbonyl (C=O) groups is 1. The maximum atomic E-state index is 13.1. The quantitative estimate of drug-likeness (QED) is 0.893. The maximum absolute atomic E-state index is 13.1. The highest BCUT2D eigenvalue weighted by molar-refractivity contribution is 5.94. The van der Waals surface area contributed by atoms with Gasteiger partial charge in [-0.1, -0.05) is 0 Å². The van der Waals surface area contributed by atoms with Gasteiger partial charge in [-0.05, 0) is 27.7 Å². The average molecular weight is 350 g/mol. The van der Waals surface area contributed by atoms with Crippen LogP contribution in [0.4, 0.5) is 0 Å². The van der Waals surface area contributed by atoms with Crippen molar-refractivity contribution in [1.29, 1.82) is 0 Å². The first-order valence-electron chi connectivity index (χ1n) is 9.10. The van der Waals surface area contributed by atoms with Crippen LogP contribution in [-0.2, 0) is 15.9 Å². The molecule has 0 aromatic carbocycles. The lowest BCUT2D eigenvalue weighted by Gasteiger charge is -2.40. The number of hydrogen-bond acceptors (Lipinski definition) is 5. The molecule has 0 aliphatic carbocycles. The summed E-state index contributed by atoms with van der Waals surface area (Å²) in [7, 11) is 1.87. The van der Waals surface area contributed by atoms with Crippen LogP contribution < -0.4 is 0 Å². The Morgan fingerprint density at radius 2 is 2.04 bits per heavy atom. The van der Waals surface area contributed by atoms with E-state index in [2.05, 4.69) is 28.9 Å². The Hall–Kier alpha value is -1.44. The predicted octanol–water partition coefficient (Wildman–Crippen LogP) is 1.61. The lowest BCUT2D eigenvalue weighted by molar-refractivity contribution is -0.00713. The molecule has 1 aromatic rings. The third kappa shape index (κ3) is 3.73. The van der Waals surface area contributed by atoms with Gasteiger partial charge in [0.05, 0.1) is 31.1 Å². The summed E-state index contributed by atoms with van der Waals surface area (Å²) < 4.78 is 11.2. The third-order valence-electron chi connectivity index (χ3n) is 5.36. The molecule has 2 atom stereocenters. The van der Waals surface area contributed by atoms with Crippen LogP contribution in [0.15, 0.2) is 0 Å². The summed E-state index contributed by atoms with van der Waals surface area (Å²) in [6.07, 6.45) is 0.757. The van der Waals surface area contributed by atoms with Crippen molar-refractivity contribution >= 4 is 5.91 Å². The van der Waals surface area contributed by atoms with E-state index in [0.717, 1.165) is 50.5 Å². The Morgan fingerprint density at radius 3 is 2.72 bits per heavy atom. The van der Waals surface area contributed by atoms with Crippen molar-refractivity contribution in [2.75, 3.05) is 39.9 Å². The first-order valence-corrected chi connectivity index (χ1v) is 9.10. The molecule has 2 aliphatic heterocycles. The van der Waals surface area contributed by atoms with E-state index in [1.807, 2.05) is 25.8 Å². The number of nitrogens with zero attached hydrogens (tertiary/aromatic N) is 3. The molecule has 0 unspecified atom stereocenters. The van der Waals surface area contributed by atoms with Crippen molar-refractivity contribution in [3.63, 3.8) is 0 Å². The largest absolute Gasteiger partial charge is 0.379 e. The number of amides is 1. The molecule has 2 aliphatic rings. The van der Waals surface area contributed by atoms with Gasteiger partial charge in [0.1, 0.15) is 0 Å². The number of hydrogen-bond donors (Lipinski definition) is 1. The van der Waals surface area contributed by atoms with Crippen LogP contribution in [0, 0.1) is 0 Å². The molecule has 25 heavy (non-hydrogen) atoms. The van der Waals surface area contributed by atoms with E-state index in [1.165, 1.54) is 0 Å². The molecule has 1 N–H and O–H groups in total. The molecule has 1 fully saturated rings. The molecule has 0 bridgehead atoms. The second kappa shape index (κ2) is 7.05. The normalized spacial score (nSPS) is 24.8. The van der Waals surface area contributed by atoms with Gasteiger partial charge in [0.25, 0.3) is 5.91 Å². The number of likely N-dealkylation sites (N-methyl/N-ethyl adjacent to an activating group) is 1. The number of nitrogens with one attached hydrogen (secondary N) is 1. The highest BCUT2D eigenvalue weighted by atomic mass is 16.5. The Bertz CT molecular complexity index is 622. The molecule has 0 spiro atoms. The summed E-state index contributed by atoms with van der Waals surface area (Å²) in [5.41, 5.74) is 2.18. The number of aromatic amines is 1. The molecule has 1 amide bonds. The fourth-order valence-electron chi connectivity index (χ4n) is 3.70. The van der Waals surface area contributed by atoms with Gasteiger partial charge in [0.15, 0.2) is 5.69 Å². The van der Waals surface area contributed by atoms with E-state index in [1.54, 1.807) is 0 Å². The summed E-state index contributed by atoms with van der Waals surface area (Å²) in [5, 5.41) is 7.35. The minimum Gasteiger partial charge on any atom is -0.379 e. The SMILES string of the molecule is C[C@@H]1Cc2c(C(=O)N(C)C(C)(C)CN3CCOCC3)n[nH]c2[C@H](C)O1. The summed E-state index contributed by atoms with van der Waals surface area (Å²) >= 11 is 0. The van der Waals surface area contributed by atoms with Crippen molar-refractivity contribution < 1.29 is 14.3 Å². The molecule has 3 rings (SSSR count). The Kier molecular flexibility index (Phi) is 5.18. The van der Waals surface area contributed by atoms with Crippen molar-refractivity contribution in [2.45, 2.75) is 51.9 Å². The van der Waals surface area contributed by atoms with Crippen molar-refractivity contribution in [1.82, 2.24) is 20.0 Å². The standard InChI is InChI=1S/C18H30N4O3/c1-12-10-14-15(13(2)25-12)19-20-16(14)17(23)21(5)18(3,4)11-22-6-8-24-9-7-22/h12-13H,6-11H2,1-5H3,(H,19,20)/t12-,13+/m1/s1. The van der Waals surface area contributed by atoms with Crippen LogP contribution in [0.5, 0.6) is 0 Å². The van der Waals surface area contributed by atoms with Crippen molar-refractivity contribution in [3.8, 4) is 0 Å². The Balaban J connectivity index is 1.76. The Morgan fingerprint density at radius 1 is 1.36 bits per heavy atom. The summed E-state index contributed by atoms with van der Waals surface area (Å²) in [5.74, 6) is -0.0305. The predicted molar refractivity (Wildman–Crippen MR) is 94.7 cm³/mol. The number of ether oxygens (including phenoxy) is 2. The molecule has 7 heteroatoms. The van der Waals surface area contributed by atoms with Gasteiger partial charge in [0.2, 0.25) is 0 Å². The number of rotatable bonds is 4. The smallest absolute Gasteiger partial charge is 0.274 e. The second-order valence-corrected chi connectivity index (χ2v) is 7.82. The van der Waals surface area contributed by atoms with E-state index in [9.17, 15) is 4.79 Å². The minimum atomic E-state index is -0.289. The fourth-order valence-corrected chi connectivity index (χ4v) is 3.70. The zero-order valence-electron chi connectivity index (χ0n) is 16.0. The van der Waals surface area contributed by atoms with Crippen LogP contribution in [0.2, 0.25) is 0 Å². The third-order valence-corrected chi connectivity index (χ3v) is 5.36. The molecule has 1 saturated heterocycles. The average Bonchev–Trinajstić information content (AvgIpc) is 2.98. The van der Waals surface area contributed by atoms with Crippen LogP contribution in [0.3, 0.4) is 0 Å². The van der Waals surface area contributed by atoms with Gasteiger partial charge >= 0.3 is 0 Å². The van der Waals surface area contributed by atoms with Gasteiger partial charge in [-0.3, -0.25) is 14.8 Å². The van der Waals surface area contributed by atoms with Gasteiger partial charge in [-0.25, -0.2) is 0 Å². The highest BCUT2D eigenvalue weighted by Gasteiger charge is 2.35. The molecule has 3 heterocycles. The van der Waals surface area contributed by atoms with Crippen molar-refractivity contribution in [3.05, 3.63) is 17.0 Å². The number of fused-ring (bicyclic) bond motifs is 1. The van der Waals surface area contributed by atoms with Gasteiger partial charge in [0, 0.05) is 44.2 Å².